The molecule has 1 amide bonds. The van der Waals surface area contributed by atoms with Crippen molar-refractivity contribution in [2.45, 2.75) is 32.1 Å². The minimum Gasteiger partial charge on any atom is -0.351 e. The van der Waals surface area contributed by atoms with E-state index in [1.807, 2.05) is 11.4 Å². The molecule has 0 spiro atoms. The first kappa shape index (κ1) is 12.1. The highest BCUT2D eigenvalue weighted by molar-refractivity contribution is 9.10. The molecule has 1 aromatic rings. The number of rotatable bonds is 4. The van der Waals surface area contributed by atoms with Gasteiger partial charge >= 0.3 is 0 Å². The van der Waals surface area contributed by atoms with E-state index in [-0.39, 0.29) is 5.91 Å². The van der Waals surface area contributed by atoms with Crippen LogP contribution in [0.15, 0.2) is 15.9 Å². The second kappa shape index (κ2) is 5.82. The minimum absolute atomic E-state index is 0.0554. The summed E-state index contributed by atoms with van der Waals surface area (Å²) in [4.78, 5) is 12.6. The first-order valence-corrected chi connectivity index (χ1v) is 7.46. The lowest BCUT2D eigenvalue weighted by Crippen LogP contribution is -2.25. The Balaban J connectivity index is 1.73. The zero-order valence-electron chi connectivity index (χ0n) is 9.17. The highest BCUT2D eigenvalue weighted by Gasteiger charge is 2.15. The first-order chi connectivity index (χ1) is 7.77. The van der Waals surface area contributed by atoms with E-state index in [4.69, 9.17) is 0 Å². The first-order valence-electron chi connectivity index (χ1n) is 5.78. The number of hydrogen-bond acceptors (Lipinski definition) is 2. The monoisotopic (exact) mass is 301 g/mol. The predicted molar refractivity (Wildman–Crippen MR) is 70.9 cm³/mol. The van der Waals surface area contributed by atoms with Gasteiger partial charge in [-0.2, -0.15) is 0 Å². The Morgan fingerprint density at radius 2 is 2.25 bits per heavy atom. The molecule has 0 radical (unpaired) electrons. The van der Waals surface area contributed by atoms with Crippen LogP contribution in [0.25, 0.3) is 0 Å². The highest BCUT2D eigenvalue weighted by atomic mass is 79.9. The van der Waals surface area contributed by atoms with Gasteiger partial charge in [-0.1, -0.05) is 25.7 Å². The van der Waals surface area contributed by atoms with E-state index in [9.17, 15) is 4.79 Å². The summed E-state index contributed by atoms with van der Waals surface area (Å²) in [5.74, 6) is 0.895. The summed E-state index contributed by atoms with van der Waals surface area (Å²) < 4.78 is 0.899. The quantitative estimate of drug-likeness (QED) is 0.900. The molecule has 88 valence electrons. The zero-order chi connectivity index (χ0) is 11.4. The zero-order valence-corrected chi connectivity index (χ0v) is 11.6. The molecule has 2 nitrogen and oxygen atoms in total. The number of carbonyl (C=O) groups is 1. The summed E-state index contributed by atoms with van der Waals surface area (Å²) in [6.45, 7) is 0.813. The van der Waals surface area contributed by atoms with Crippen molar-refractivity contribution in [2.24, 2.45) is 5.92 Å². The maximum absolute atomic E-state index is 11.8. The number of hydrogen-bond donors (Lipinski definition) is 1. The van der Waals surface area contributed by atoms with Gasteiger partial charge in [0.15, 0.2) is 0 Å². The molecule has 16 heavy (non-hydrogen) atoms. The number of thiophene rings is 1. The molecule has 1 saturated carbocycles. The van der Waals surface area contributed by atoms with Crippen molar-refractivity contribution in [1.82, 2.24) is 5.32 Å². The summed E-state index contributed by atoms with van der Waals surface area (Å²) in [6.07, 6.45) is 6.57. The molecule has 1 fully saturated rings. The molecule has 1 N–H and O–H groups in total. The van der Waals surface area contributed by atoms with Crippen molar-refractivity contribution < 1.29 is 4.79 Å². The van der Waals surface area contributed by atoms with E-state index in [1.54, 1.807) is 0 Å². The Kier molecular flexibility index (Phi) is 4.41. The van der Waals surface area contributed by atoms with Crippen molar-refractivity contribution >= 4 is 33.2 Å². The van der Waals surface area contributed by atoms with Gasteiger partial charge in [0.05, 0.1) is 0 Å². The van der Waals surface area contributed by atoms with Gasteiger partial charge in [0.2, 0.25) is 0 Å². The SMILES string of the molecule is O=C(NCCC1CCCC1)c1sccc1Br. The van der Waals surface area contributed by atoms with Gasteiger partial charge in [-0.05, 0) is 39.7 Å². The minimum atomic E-state index is 0.0554. The summed E-state index contributed by atoms with van der Waals surface area (Å²) in [7, 11) is 0. The van der Waals surface area contributed by atoms with Crippen LogP contribution in [0, 0.1) is 5.92 Å². The van der Waals surface area contributed by atoms with Crippen LogP contribution < -0.4 is 5.32 Å². The Hall–Kier alpha value is -0.350. The number of amides is 1. The third kappa shape index (κ3) is 3.08. The van der Waals surface area contributed by atoms with Crippen LogP contribution in [-0.2, 0) is 0 Å². The summed E-state index contributed by atoms with van der Waals surface area (Å²) in [5.41, 5.74) is 0. The fourth-order valence-electron chi connectivity index (χ4n) is 2.22. The molecule has 1 aliphatic rings. The molecule has 0 atom stereocenters. The number of halogens is 1. The summed E-state index contributed by atoms with van der Waals surface area (Å²) >= 11 is 4.86. The molecular formula is C12H16BrNOS. The van der Waals surface area contributed by atoms with Gasteiger partial charge < -0.3 is 5.32 Å². The van der Waals surface area contributed by atoms with E-state index in [0.29, 0.717) is 0 Å². The largest absolute Gasteiger partial charge is 0.351 e. The van der Waals surface area contributed by atoms with Gasteiger partial charge in [0.1, 0.15) is 4.88 Å². The van der Waals surface area contributed by atoms with Crippen molar-refractivity contribution in [3.05, 3.63) is 20.8 Å². The van der Waals surface area contributed by atoms with Gasteiger partial charge in [0.25, 0.3) is 5.91 Å². The molecular weight excluding hydrogens is 286 g/mol. The highest BCUT2D eigenvalue weighted by Crippen LogP contribution is 2.27. The van der Waals surface area contributed by atoms with Crippen LogP contribution in [0.2, 0.25) is 0 Å². The molecule has 0 saturated heterocycles. The van der Waals surface area contributed by atoms with E-state index in [1.165, 1.54) is 37.0 Å². The number of nitrogens with one attached hydrogen (secondary N) is 1. The van der Waals surface area contributed by atoms with Crippen LogP contribution in [0.5, 0.6) is 0 Å². The Morgan fingerprint density at radius 1 is 1.50 bits per heavy atom. The lowest BCUT2D eigenvalue weighted by atomic mass is 10.0. The number of carbonyl (C=O) groups excluding carboxylic acids is 1. The molecule has 2 rings (SSSR count). The van der Waals surface area contributed by atoms with E-state index >= 15 is 0 Å². The smallest absolute Gasteiger partial charge is 0.262 e. The van der Waals surface area contributed by atoms with Crippen molar-refractivity contribution in [3.8, 4) is 0 Å². The maximum atomic E-state index is 11.8. The van der Waals surface area contributed by atoms with Crippen LogP contribution in [0.3, 0.4) is 0 Å². The molecule has 1 aromatic heterocycles. The lowest BCUT2D eigenvalue weighted by Gasteiger charge is -2.09. The Bertz CT molecular complexity index is 358. The standard InChI is InChI=1S/C12H16BrNOS/c13-10-6-8-16-11(10)12(15)14-7-5-9-3-1-2-4-9/h6,8-9H,1-5,7H2,(H,14,15). The topological polar surface area (TPSA) is 29.1 Å². The van der Waals surface area contributed by atoms with Crippen LogP contribution in [0.1, 0.15) is 41.8 Å². The average Bonchev–Trinajstić information content (AvgIpc) is 2.88. The van der Waals surface area contributed by atoms with E-state index in [0.717, 1.165) is 28.2 Å². The normalized spacial score (nSPS) is 16.6. The van der Waals surface area contributed by atoms with Gasteiger partial charge in [0, 0.05) is 11.0 Å². The average molecular weight is 302 g/mol. The molecule has 4 heteroatoms. The van der Waals surface area contributed by atoms with Crippen LogP contribution in [-0.4, -0.2) is 12.5 Å². The van der Waals surface area contributed by atoms with Crippen molar-refractivity contribution in [1.29, 1.82) is 0 Å². The van der Waals surface area contributed by atoms with Gasteiger partial charge in [-0.25, -0.2) is 0 Å². The molecule has 1 heterocycles. The third-order valence-electron chi connectivity index (χ3n) is 3.14. The Morgan fingerprint density at radius 3 is 2.88 bits per heavy atom. The van der Waals surface area contributed by atoms with Gasteiger partial charge in [-0.3, -0.25) is 4.79 Å². The fraction of sp³-hybridized carbons (Fsp3) is 0.583. The van der Waals surface area contributed by atoms with Gasteiger partial charge in [-0.15, -0.1) is 11.3 Å². The maximum Gasteiger partial charge on any atom is 0.262 e. The predicted octanol–water partition coefficient (Wildman–Crippen LogP) is 3.82. The second-order valence-electron chi connectivity index (χ2n) is 4.29. The second-order valence-corrected chi connectivity index (χ2v) is 6.06. The lowest BCUT2D eigenvalue weighted by molar-refractivity contribution is 0.0955. The summed E-state index contributed by atoms with van der Waals surface area (Å²) in [5, 5.41) is 4.92. The third-order valence-corrected chi connectivity index (χ3v) is 4.97. The summed E-state index contributed by atoms with van der Waals surface area (Å²) in [6, 6.07) is 1.91. The molecule has 0 bridgehead atoms. The fourth-order valence-corrected chi connectivity index (χ4v) is 3.69. The van der Waals surface area contributed by atoms with E-state index < -0.39 is 0 Å². The Labute approximate surface area is 109 Å². The molecule has 1 aliphatic carbocycles. The van der Waals surface area contributed by atoms with Crippen molar-refractivity contribution in [2.75, 3.05) is 6.54 Å². The molecule has 0 unspecified atom stereocenters. The van der Waals surface area contributed by atoms with Crippen molar-refractivity contribution in [3.63, 3.8) is 0 Å². The molecule has 0 aliphatic heterocycles. The van der Waals surface area contributed by atoms with Crippen LogP contribution >= 0.6 is 27.3 Å². The van der Waals surface area contributed by atoms with Crippen LogP contribution in [0.4, 0.5) is 0 Å². The van der Waals surface area contributed by atoms with E-state index in [2.05, 4.69) is 21.2 Å². The molecule has 0 aromatic carbocycles.